The molecular weight excluding hydrogens is 265 g/mol. The predicted molar refractivity (Wildman–Crippen MR) is 77.6 cm³/mol. The molecule has 3 heteroatoms. The Kier molecular flexibility index (Phi) is 3.57. The van der Waals surface area contributed by atoms with Crippen molar-refractivity contribution in [3.05, 3.63) is 33.8 Å². The van der Waals surface area contributed by atoms with Crippen LogP contribution in [0.1, 0.15) is 37.7 Å². The molecule has 1 saturated carbocycles. The minimum absolute atomic E-state index is 0.345. The summed E-state index contributed by atoms with van der Waals surface area (Å²) in [5.74, 6) is 0.761. The van der Waals surface area contributed by atoms with Crippen LogP contribution in [0, 0.1) is 5.92 Å². The number of hydrogen-bond acceptors (Lipinski definition) is 1. The van der Waals surface area contributed by atoms with E-state index in [0.29, 0.717) is 15.5 Å². The van der Waals surface area contributed by atoms with Crippen molar-refractivity contribution in [2.24, 2.45) is 5.92 Å². The van der Waals surface area contributed by atoms with Gasteiger partial charge in [-0.3, -0.25) is 0 Å². The fourth-order valence-corrected chi connectivity index (χ4v) is 4.17. The fraction of sp³-hybridized carbons (Fsp3) is 0.600. The van der Waals surface area contributed by atoms with Crippen LogP contribution >= 0.6 is 23.2 Å². The van der Waals surface area contributed by atoms with E-state index in [2.05, 4.69) is 17.4 Å². The van der Waals surface area contributed by atoms with E-state index in [0.717, 1.165) is 19.0 Å². The maximum absolute atomic E-state index is 6.21. The predicted octanol–water partition coefficient (Wildman–Crippen LogP) is 4.41. The van der Waals surface area contributed by atoms with Gasteiger partial charge in [0.1, 0.15) is 0 Å². The summed E-state index contributed by atoms with van der Waals surface area (Å²) in [5, 5.41) is 4.88. The highest BCUT2D eigenvalue weighted by atomic mass is 35.5. The van der Waals surface area contributed by atoms with E-state index < -0.39 is 0 Å². The molecule has 1 saturated heterocycles. The highest BCUT2D eigenvalue weighted by Crippen LogP contribution is 2.49. The van der Waals surface area contributed by atoms with Crippen LogP contribution in [0.2, 0.25) is 10.0 Å². The van der Waals surface area contributed by atoms with E-state index in [1.807, 2.05) is 6.07 Å². The van der Waals surface area contributed by atoms with Crippen LogP contribution in [-0.2, 0) is 5.41 Å². The molecule has 1 aromatic carbocycles. The zero-order chi connectivity index (χ0) is 12.6. The number of hydrogen-bond donors (Lipinski definition) is 1. The van der Waals surface area contributed by atoms with Gasteiger partial charge in [-0.05, 0) is 61.4 Å². The average Bonchev–Trinajstić information content (AvgIpc) is 3.01. The molecule has 1 unspecified atom stereocenters. The lowest BCUT2D eigenvalue weighted by molar-refractivity contribution is 0.291. The quantitative estimate of drug-likeness (QED) is 0.848. The number of benzene rings is 1. The van der Waals surface area contributed by atoms with Crippen molar-refractivity contribution in [2.45, 2.75) is 37.5 Å². The van der Waals surface area contributed by atoms with Crippen LogP contribution in [0.3, 0.4) is 0 Å². The SMILES string of the molecule is Clc1ccc(C2(C3CCNC3)CCCC2)cc1Cl. The van der Waals surface area contributed by atoms with E-state index >= 15 is 0 Å². The van der Waals surface area contributed by atoms with Crippen molar-refractivity contribution in [3.8, 4) is 0 Å². The lowest BCUT2D eigenvalue weighted by atomic mass is 9.68. The molecule has 1 nitrogen and oxygen atoms in total. The molecule has 1 N–H and O–H groups in total. The molecule has 0 spiro atoms. The van der Waals surface area contributed by atoms with Gasteiger partial charge in [0.25, 0.3) is 0 Å². The van der Waals surface area contributed by atoms with Gasteiger partial charge in [-0.1, -0.05) is 42.1 Å². The smallest absolute Gasteiger partial charge is 0.0595 e. The van der Waals surface area contributed by atoms with Gasteiger partial charge in [0.05, 0.1) is 10.0 Å². The second kappa shape index (κ2) is 5.03. The molecule has 1 aliphatic carbocycles. The average molecular weight is 284 g/mol. The molecule has 1 atom stereocenters. The van der Waals surface area contributed by atoms with Crippen LogP contribution < -0.4 is 5.32 Å². The van der Waals surface area contributed by atoms with Gasteiger partial charge >= 0.3 is 0 Å². The minimum atomic E-state index is 0.345. The molecule has 1 aliphatic heterocycles. The monoisotopic (exact) mass is 283 g/mol. The Hall–Kier alpha value is -0.240. The Morgan fingerprint density at radius 1 is 1.11 bits per heavy atom. The molecule has 3 rings (SSSR count). The first-order valence-corrected chi connectivity index (χ1v) is 7.64. The van der Waals surface area contributed by atoms with E-state index in [9.17, 15) is 0 Å². The first kappa shape index (κ1) is 12.8. The molecular formula is C15H19Cl2N. The van der Waals surface area contributed by atoms with Crippen molar-refractivity contribution in [1.29, 1.82) is 0 Å². The van der Waals surface area contributed by atoms with Crippen LogP contribution in [0.4, 0.5) is 0 Å². The van der Waals surface area contributed by atoms with Crippen molar-refractivity contribution in [2.75, 3.05) is 13.1 Å². The summed E-state index contributed by atoms with van der Waals surface area (Å²) in [5.41, 5.74) is 1.75. The maximum atomic E-state index is 6.21. The van der Waals surface area contributed by atoms with Gasteiger partial charge in [-0.25, -0.2) is 0 Å². The molecule has 98 valence electrons. The number of nitrogens with one attached hydrogen (secondary N) is 1. The standard InChI is InChI=1S/C15H19Cl2N/c16-13-4-3-11(9-14(13)17)15(6-1-2-7-15)12-5-8-18-10-12/h3-4,9,12,18H,1-2,5-8,10H2. The highest BCUT2D eigenvalue weighted by Gasteiger charge is 2.43. The molecule has 2 fully saturated rings. The van der Waals surface area contributed by atoms with Gasteiger partial charge in [0.15, 0.2) is 0 Å². The second-order valence-corrected chi connectivity index (χ2v) is 6.50. The van der Waals surface area contributed by atoms with Gasteiger partial charge < -0.3 is 5.32 Å². The van der Waals surface area contributed by atoms with Crippen molar-refractivity contribution < 1.29 is 0 Å². The van der Waals surface area contributed by atoms with E-state index in [4.69, 9.17) is 23.2 Å². The Labute approximate surface area is 119 Å². The molecule has 0 aromatic heterocycles. The number of halogens is 2. The molecule has 1 heterocycles. The van der Waals surface area contributed by atoms with Crippen LogP contribution in [0.5, 0.6) is 0 Å². The lowest BCUT2D eigenvalue weighted by Crippen LogP contribution is -2.33. The third-order valence-corrected chi connectivity index (χ3v) is 5.57. The van der Waals surface area contributed by atoms with Gasteiger partial charge in [-0.15, -0.1) is 0 Å². The topological polar surface area (TPSA) is 12.0 Å². The summed E-state index contributed by atoms with van der Waals surface area (Å²) in [6.45, 7) is 2.31. The summed E-state index contributed by atoms with van der Waals surface area (Å²) >= 11 is 12.3. The molecule has 18 heavy (non-hydrogen) atoms. The molecule has 0 bridgehead atoms. The molecule has 2 aliphatic rings. The Morgan fingerprint density at radius 3 is 2.50 bits per heavy atom. The Bertz CT molecular complexity index is 432. The summed E-state index contributed by atoms with van der Waals surface area (Å²) in [6.07, 6.45) is 6.59. The third-order valence-electron chi connectivity index (χ3n) is 4.83. The maximum Gasteiger partial charge on any atom is 0.0595 e. The van der Waals surface area contributed by atoms with Gasteiger partial charge in [0, 0.05) is 0 Å². The van der Waals surface area contributed by atoms with E-state index in [-0.39, 0.29) is 0 Å². The highest BCUT2D eigenvalue weighted by molar-refractivity contribution is 6.42. The zero-order valence-electron chi connectivity index (χ0n) is 10.5. The Morgan fingerprint density at radius 2 is 1.89 bits per heavy atom. The van der Waals surface area contributed by atoms with Crippen molar-refractivity contribution in [3.63, 3.8) is 0 Å². The fourth-order valence-electron chi connectivity index (χ4n) is 3.87. The third kappa shape index (κ3) is 2.07. The van der Waals surface area contributed by atoms with Crippen molar-refractivity contribution >= 4 is 23.2 Å². The summed E-state index contributed by atoms with van der Waals surface area (Å²) in [7, 11) is 0. The van der Waals surface area contributed by atoms with Crippen LogP contribution in [0.25, 0.3) is 0 Å². The largest absolute Gasteiger partial charge is 0.316 e. The van der Waals surface area contributed by atoms with Gasteiger partial charge in [0.2, 0.25) is 0 Å². The van der Waals surface area contributed by atoms with E-state index in [1.165, 1.54) is 37.7 Å². The molecule has 0 amide bonds. The van der Waals surface area contributed by atoms with Gasteiger partial charge in [-0.2, -0.15) is 0 Å². The minimum Gasteiger partial charge on any atom is -0.316 e. The van der Waals surface area contributed by atoms with Crippen LogP contribution in [-0.4, -0.2) is 13.1 Å². The van der Waals surface area contributed by atoms with Crippen LogP contribution in [0.15, 0.2) is 18.2 Å². The molecule has 0 radical (unpaired) electrons. The summed E-state index contributed by atoms with van der Waals surface area (Å²) < 4.78 is 0. The second-order valence-electron chi connectivity index (χ2n) is 5.68. The summed E-state index contributed by atoms with van der Waals surface area (Å²) in [6, 6.07) is 6.26. The normalized spacial score (nSPS) is 26.7. The van der Waals surface area contributed by atoms with E-state index in [1.54, 1.807) is 0 Å². The Balaban J connectivity index is 2.00. The first-order chi connectivity index (χ1) is 8.72. The first-order valence-electron chi connectivity index (χ1n) is 6.89. The summed E-state index contributed by atoms with van der Waals surface area (Å²) in [4.78, 5) is 0. The number of rotatable bonds is 2. The van der Waals surface area contributed by atoms with Crippen molar-refractivity contribution in [1.82, 2.24) is 5.32 Å². The lowest BCUT2D eigenvalue weighted by Gasteiger charge is -2.36. The zero-order valence-corrected chi connectivity index (χ0v) is 12.0. The molecule has 1 aromatic rings.